The van der Waals surface area contributed by atoms with E-state index < -0.39 is 12.6 Å². The van der Waals surface area contributed by atoms with Gasteiger partial charge in [-0.3, -0.25) is 0 Å². The van der Waals surface area contributed by atoms with E-state index in [1.54, 1.807) is 12.1 Å². The monoisotopic (exact) mass is 256 g/mol. The molecule has 1 aromatic carbocycles. The van der Waals surface area contributed by atoms with Gasteiger partial charge in [-0.15, -0.1) is 0 Å². The quantitative estimate of drug-likeness (QED) is 0.916. The number of halogens is 3. The van der Waals surface area contributed by atoms with Crippen molar-refractivity contribution in [1.82, 2.24) is 9.55 Å². The number of imidazole rings is 1. The number of nitrogens with zero attached hydrogens (tertiary/aromatic N) is 2. The molecular formula is C12H11F3N2O. The van der Waals surface area contributed by atoms with Crippen molar-refractivity contribution in [3.8, 4) is 5.75 Å². The highest BCUT2D eigenvalue weighted by Gasteiger charge is 2.29. The average molecular weight is 256 g/mol. The zero-order chi connectivity index (χ0) is 13.2. The number of phenolic OH excluding ortho intramolecular Hbond substituents is 1. The van der Waals surface area contributed by atoms with Crippen LogP contribution in [0.5, 0.6) is 5.75 Å². The Labute approximate surface area is 102 Å². The predicted molar refractivity (Wildman–Crippen MR) is 59.2 cm³/mol. The van der Waals surface area contributed by atoms with Crippen molar-refractivity contribution in [3.05, 3.63) is 48.0 Å². The summed E-state index contributed by atoms with van der Waals surface area (Å²) in [6.45, 7) is 0.297. The minimum absolute atomic E-state index is 0.0180. The third kappa shape index (κ3) is 3.26. The van der Waals surface area contributed by atoms with Gasteiger partial charge in [0, 0.05) is 18.9 Å². The van der Waals surface area contributed by atoms with Gasteiger partial charge in [-0.05, 0) is 17.7 Å². The first-order valence-electron chi connectivity index (χ1n) is 5.29. The molecule has 0 bridgehead atoms. The predicted octanol–water partition coefficient (Wildman–Crippen LogP) is 2.74. The van der Waals surface area contributed by atoms with Gasteiger partial charge in [0.2, 0.25) is 0 Å². The topological polar surface area (TPSA) is 38.0 Å². The van der Waals surface area contributed by atoms with Crippen LogP contribution in [-0.4, -0.2) is 20.8 Å². The van der Waals surface area contributed by atoms with Crippen molar-refractivity contribution in [2.45, 2.75) is 19.1 Å². The van der Waals surface area contributed by atoms with Crippen molar-refractivity contribution in [2.75, 3.05) is 0 Å². The lowest BCUT2D eigenvalue weighted by atomic mass is 10.2. The molecule has 18 heavy (non-hydrogen) atoms. The van der Waals surface area contributed by atoms with Gasteiger partial charge in [0.25, 0.3) is 0 Å². The molecule has 1 aromatic heterocycles. The number of hydrogen-bond donors (Lipinski definition) is 1. The van der Waals surface area contributed by atoms with Crippen LogP contribution < -0.4 is 0 Å². The van der Waals surface area contributed by atoms with Crippen molar-refractivity contribution in [3.63, 3.8) is 0 Å². The van der Waals surface area contributed by atoms with Gasteiger partial charge >= 0.3 is 6.18 Å². The second-order valence-electron chi connectivity index (χ2n) is 3.93. The standard InChI is InChI=1S/C12H11F3N2O/c13-12(14,15)7-11-16-5-6-17(11)8-9-1-3-10(18)4-2-9/h1-6,18H,7-8H2. The first-order valence-corrected chi connectivity index (χ1v) is 5.29. The highest BCUT2D eigenvalue weighted by atomic mass is 19.4. The van der Waals surface area contributed by atoms with E-state index in [-0.39, 0.29) is 11.6 Å². The Kier molecular flexibility index (Phi) is 3.27. The maximum atomic E-state index is 12.3. The highest BCUT2D eigenvalue weighted by Crippen LogP contribution is 2.21. The van der Waals surface area contributed by atoms with Crippen molar-refractivity contribution >= 4 is 0 Å². The van der Waals surface area contributed by atoms with E-state index in [1.165, 1.54) is 29.1 Å². The molecule has 0 spiro atoms. The molecule has 0 saturated carbocycles. The Bertz CT molecular complexity index is 517. The molecule has 0 aliphatic heterocycles. The first kappa shape index (κ1) is 12.5. The Hall–Kier alpha value is -1.98. The normalized spacial score (nSPS) is 11.7. The number of benzene rings is 1. The van der Waals surface area contributed by atoms with Crippen LogP contribution >= 0.6 is 0 Å². The Morgan fingerprint density at radius 3 is 2.44 bits per heavy atom. The summed E-state index contributed by atoms with van der Waals surface area (Å²) in [5.41, 5.74) is 0.800. The van der Waals surface area contributed by atoms with Crippen LogP contribution in [0.25, 0.3) is 0 Å². The SMILES string of the molecule is Oc1ccc(Cn2ccnc2CC(F)(F)F)cc1. The molecular weight excluding hydrogens is 245 g/mol. The highest BCUT2D eigenvalue weighted by molar-refractivity contribution is 5.26. The largest absolute Gasteiger partial charge is 0.508 e. The number of phenols is 1. The zero-order valence-electron chi connectivity index (χ0n) is 9.35. The Morgan fingerprint density at radius 1 is 1.17 bits per heavy atom. The molecule has 2 rings (SSSR count). The number of hydrogen-bond acceptors (Lipinski definition) is 2. The summed E-state index contributed by atoms with van der Waals surface area (Å²) in [6.07, 6.45) is -2.45. The van der Waals surface area contributed by atoms with E-state index in [4.69, 9.17) is 5.11 Å². The second kappa shape index (κ2) is 4.72. The van der Waals surface area contributed by atoms with E-state index in [1.807, 2.05) is 0 Å². The van der Waals surface area contributed by atoms with E-state index in [0.717, 1.165) is 5.56 Å². The maximum Gasteiger partial charge on any atom is 0.396 e. The molecule has 0 saturated heterocycles. The maximum absolute atomic E-state index is 12.3. The lowest BCUT2D eigenvalue weighted by molar-refractivity contribution is -0.128. The van der Waals surface area contributed by atoms with Crippen LogP contribution in [-0.2, 0) is 13.0 Å². The van der Waals surface area contributed by atoms with Crippen LogP contribution in [0.15, 0.2) is 36.7 Å². The Balaban J connectivity index is 2.15. The van der Waals surface area contributed by atoms with Gasteiger partial charge in [0.15, 0.2) is 0 Å². The summed E-state index contributed by atoms with van der Waals surface area (Å²) in [5.74, 6) is 0.107. The minimum Gasteiger partial charge on any atom is -0.508 e. The lowest BCUT2D eigenvalue weighted by Gasteiger charge is -2.10. The third-order valence-electron chi connectivity index (χ3n) is 2.45. The molecule has 0 radical (unpaired) electrons. The zero-order valence-corrected chi connectivity index (χ0v) is 9.35. The van der Waals surface area contributed by atoms with Gasteiger partial charge in [0.1, 0.15) is 18.0 Å². The lowest BCUT2D eigenvalue weighted by Crippen LogP contribution is -2.16. The average Bonchev–Trinajstić information content (AvgIpc) is 2.67. The smallest absolute Gasteiger partial charge is 0.396 e. The van der Waals surface area contributed by atoms with E-state index in [9.17, 15) is 13.2 Å². The van der Waals surface area contributed by atoms with E-state index in [2.05, 4.69) is 4.98 Å². The first-order chi connectivity index (χ1) is 8.44. The molecule has 3 nitrogen and oxygen atoms in total. The summed E-state index contributed by atoms with van der Waals surface area (Å²) >= 11 is 0. The van der Waals surface area contributed by atoms with Gasteiger partial charge in [0.05, 0.1) is 0 Å². The second-order valence-corrected chi connectivity index (χ2v) is 3.93. The number of aromatic nitrogens is 2. The molecule has 0 fully saturated rings. The molecule has 0 unspecified atom stereocenters. The van der Waals surface area contributed by atoms with E-state index in [0.29, 0.717) is 6.54 Å². The summed E-state index contributed by atoms with van der Waals surface area (Å²) in [7, 11) is 0. The van der Waals surface area contributed by atoms with Crippen LogP contribution in [0, 0.1) is 0 Å². The van der Waals surface area contributed by atoms with Gasteiger partial charge in [-0.2, -0.15) is 13.2 Å². The van der Waals surface area contributed by atoms with Crippen LogP contribution in [0.3, 0.4) is 0 Å². The summed E-state index contributed by atoms with van der Waals surface area (Å²) in [6, 6.07) is 6.31. The third-order valence-corrected chi connectivity index (χ3v) is 2.45. The molecule has 6 heteroatoms. The minimum atomic E-state index is -4.27. The van der Waals surface area contributed by atoms with Crippen LogP contribution in [0.2, 0.25) is 0 Å². The van der Waals surface area contributed by atoms with Gasteiger partial charge in [-0.1, -0.05) is 12.1 Å². The molecule has 0 aliphatic rings. The van der Waals surface area contributed by atoms with Crippen molar-refractivity contribution in [2.24, 2.45) is 0 Å². The van der Waals surface area contributed by atoms with E-state index >= 15 is 0 Å². The molecule has 2 aromatic rings. The summed E-state index contributed by atoms with van der Waals surface area (Å²) < 4.78 is 38.4. The molecule has 96 valence electrons. The summed E-state index contributed by atoms with van der Waals surface area (Å²) in [4.78, 5) is 3.71. The fourth-order valence-electron chi connectivity index (χ4n) is 1.63. The molecule has 0 atom stereocenters. The number of alkyl halides is 3. The van der Waals surface area contributed by atoms with Gasteiger partial charge in [-0.25, -0.2) is 4.98 Å². The molecule has 0 aliphatic carbocycles. The molecule has 0 amide bonds. The molecule has 1 N–H and O–H groups in total. The van der Waals surface area contributed by atoms with Crippen molar-refractivity contribution in [1.29, 1.82) is 0 Å². The molecule has 1 heterocycles. The van der Waals surface area contributed by atoms with Gasteiger partial charge < -0.3 is 9.67 Å². The summed E-state index contributed by atoms with van der Waals surface area (Å²) in [5, 5.41) is 9.12. The fraction of sp³-hybridized carbons (Fsp3) is 0.250. The number of rotatable bonds is 3. The number of aromatic hydroxyl groups is 1. The van der Waals surface area contributed by atoms with Crippen LogP contribution in [0.4, 0.5) is 13.2 Å². The van der Waals surface area contributed by atoms with Crippen molar-refractivity contribution < 1.29 is 18.3 Å². The fourth-order valence-corrected chi connectivity index (χ4v) is 1.63. The van der Waals surface area contributed by atoms with Crippen LogP contribution in [0.1, 0.15) is 11.4 Å². The Morgan fingerprint density at radius 2 is 1.83 bits per heavy atom.